The smallest absolute Gasteiger partial charge is 0.365 e. The Balaban J connectivity index is 2.75. The summed E-state index contributed by atoms with van der Waals surface area (Å²) >= 11 is 0.824. The highest BCUT2D eigenvalue weighted by Crippen LogP contribution is 2.21. The molecule has 16 heavy (non-hydrogen) atoms. The molecule has 0 aliphatic rings. The third kappa shape index (κ3) is 2.99. The van der Waals surface area contributed by atoms with Gasteiger partial charge in [0.05, 0.1) is 18.2 Å². The summed E-state index contributed by atoms with van der Waals surface area (Å²) in [4.78, 5) is 24.6. The van der Waals surface area contributed by atoms with E-state index in [0.29, 0.717) is 0 Å². The molecule has 0 saturated heterocycles. The van der Waals surface area contributed by atoms with Crippen LogP contribution >= 0.6 is 11.3 Å². The van der Waals surface area contributed by atoms with Crippen LogP contribution in [0.25, 0.3) is 0 Å². The first-order chi connectivity index (χ1) is 7.41. The van der Waals surface area contributed by atoms with Crippen LogP contribution in [-0.4, -0.2) is 38.3 Å². The van der Waals surface area contributed by atoms with Gasteiger partial charge in [-0.3, -0.25) is 4.79 Å². The van der Waals surface area contributed by atoms with Crippen LogP contribution in [0.5, 0.6) is 0 Å². The summed E-state index contributed by atoms with van der Waals surface area (Å²) < 4.78 is 0. The maximum absolute atomic E-state index is 10.5. The number of aliphatic hydroxyl groups excluding tert-OH is 2. The van der Waals surface area contributed by atoms with Crippen molar-refractivity contribution >= 4 is 23.2 Å². The van der Waals surface area contributed by atoms with Crippen molar-refractivity contribution < 1.29 is 24.9 Å². The number of amides is 1. The number of thiazole rings is 1. The molecular formula is C8H10N2O5S. The average molecular weight is 246 g/mol. The van der Waals surface area contributed by atoms with Crippen LogP contribution in [0.1, 0.15) is 28.0 Å². The van der Waals surface area contributed by atoms with Crippen molar-refractivity contribution in [1.29, 1.82) is 0 Å². The standard InChI is InChI=1S/C8H10N2O5S/c9-5(12)1-4(11)6(13)3-2-16-7(10-3)8(14)15/h2,4,6,11,13H,1H2,(H2,9,12)(H,14,15). The van der Waals surface area contributed by atoms with E-state index in [0.717, 1.165) is 11.3 Å². The van der Waals surface area contributed by atoms with Gasteiger partial charge < -0.3 is 21.1 Å². The van der Waals surface area contributed by atoms with Gasteiger partial charge in [0.1, 0.15) is 6.10 Å². The topological polar surface area (TPSA) is 134 Å². The lowest BCUT2D eigenvalue weighted by molar-refractivity contribution is -0.121. The summed E-state index contributed by atoms with van der Waals surface area (Å²) in [6.45, 7) is 0. The van der Waals surface area contributed by atoms with Gasteiger partial charge in [-0.1, -0.05) is 0 Å². The van der Waals surface area contributed by atoms with Crippen LogP contribution in [0.15, 0.2) is 5.38 Å². The Kier molecular flexibility index (Phi) is 3.93. The summed E-state index contributed by atoms with van der Waals surface area (Å²) in [6, 6.07) is 0. The molecule has 0 bridgehead atoms. The molecule has 2 atom stereocenters. The molecule has 88 valence electrons. The van der Waals surface area contributed by atoms with E-state index >= 15 is 0 Å². The monoisotopic (exact) mass is 246 g/mol. The Hall–Kier alpha value is -1.51. The van der Waals surface area contributed by atoms with E-state index in [1.165, 1.54) is 5.38 Å². The van der Waals surface area contributed by atoms with E-state index in [1.807, 2.05) is 0 Å². The Morgan fingerprint density at radius 1 is 1.50 bits per heavy atom. The number of carbonyl (C=O) groups is 2. The minimum absolute atomic E-state index is 0.0103. The number of rotatable bonds is 5. The van der Waals surface area contributed by atoms with Crippen LogP contribution in [0.2, 0.25) is 0 Å². The molecule has 1 heterocycles. The fourth-order valence-corrected chi connectivity index (χ4v) is 1.72. The zero-order valence-electron chi connectivity index (χ0n) is 8.03. The fourth-order valence-electron chi connectivity index (χ4n) is 1.04. The molecule has 7 nitrogen and oxygen atoms in total. The van der Waals surface area contributed by atoms with Gasteiger partial charge in [-0.2, -0.15) is 0 Å². The lowest BCUT2D eigenvalue weighted by Crippen LogP contribution is -2.25. The number of aromatic carboxylic acids is 1. The number of carboxylic acid groups (broad SMARTS) is 1. The third-order valence-electron chi connectivity index (χ3n) is 1.78. The van der Waals surface area contributed by atoms with Gasteiger partial charge in [0, 0.05) is 5.38 Å². The molecule has 0 aliphatic carbocycles. The maximum atomic E-state index is 10.5. The third-order valence-corrected chi connectivity index (χ3v) is 2.63. The molecule has 1 amide bonds. The van der Waals surface area contributed by atoms with Crippen molar-refractivity contribution in [2.45, 2.75) is 18.6 Å². The minimum Gasteiger partial charge on any atom is -0.476 e. The van der Waals surface area contributed by atoms with Crippen molar-refractivity contribution in [3.05, 3.63) is 16.1 Å². The molecule has 1 aromatic rings. The Bertz CT molecular complexity index is 405. The number of hydrogen-bond donors (Lipinski definition) is 4. The Labute approximate surface area is 94.2 Å². The zero-order chi connectivity index (χ0) is 12.3. The van der Waals surface area contributed by atoms with Gasteiger partial charge >= 0.3 is 5.97 Å². The van der Waals surface area contributed by atoms with Crippen LogP contribution in [0.4, 0.5) is 0 Å². The Morgan fingerprint density at radius 2 is 2.12 bits per heavy atom. The van der Waals surface area contributed by atoms with Crippen molar-refractivity contribution in [2.75, 3.05) is 0 Å². The van der Waals surface area contributed by atoms with Crippen LogP contribution in [-0.2, 0) is 4.79 Å². The van der Waals surface area contributed by atoms with Gasteiger partial charge in [0.25, 0.3) is 0 Å². The number of aromatic nitrogens is 1. The van der Waals surface area contributed by atoms with Crippen LogP contribution in [0, 0.1) is 0 Å². The molecule has 0 aromatic carbocycles. The molecule has 0 spiro atoms. The van der Waals surface area contributed by atoms with Gasteiger partial charge in [-0.25, -0.2) is 9.78 Å². The lowest BCUT2D eigenvalue weighted by atomic mass is 10.1. The molecule has 0 radical (unpaired) electrons. The van der Waals surface area contributed by atoms with E-state index in [4.69, 9.17) is 10.8 Å². The van der Waals surface area contributed by atoms with Crippen LogP contribution < -0.4 is 5.73 Å². The first-order valence-electron chi connectivity index (χ1n) is 4.25. The van der Waals surface area contributed by atoms with Crippen molar-refractivity contribution in [1.82, 2.24) is 4.98 Å². The second kappa shape index (κ2) is 5.01. The molecule has 0 fully saturated rings. The van der Waals surface area contributed by atoms with Gasteiger partial charge in [-0.05, 0) is 0 Å². The summed E-state index contributed by atoms with van der Waals surface area (Å²) in [5, 5.41) is 28.6. The molecular weight excluding hydrogens is 236 g/mol. The summed E-state index contributed by atoms with van der Waals surface area (Å²) in [6.07, 6.45) is -3.22. The maximum Gasteiger partial charge on any atom is 0.365 e. The van der Waals surface area contributed by atoms with E-state index in [1.54, 1.807) is 0 Å². The average Bonchev–Trinajstić information content (AvgIpc) is 2.64. The summed E-state index contributed by atoms with van der Waals surface area (Å²) in [5.41, 5.74) is 4.85. The number of carboxylic acids is 1. The SMILES string of the molecule is NC(=O)CC(O)C(O)c1csc(C(=O)O)n1. The fraction of sp³-hybridized carbons (Fsp3) is 0.375. The van der Waals surface area contributed by atoms with Gasteiger partial charge in [0.15, 0.2) is 0 Å². The second-order valence-corrected chi connectivity index (χ2v) is 3.92. The molecule has 1 rings (SSSR count). The molecule has 5 N–H and O–H groups in total. The minimum atomic E-state index is -1.42. The first-order valence-corrected chi connectivity index (χ1v) is 5.13. The molecule has 8 heteroatoms. The number of hydrogen-bond acceptors (Lipinski definition) is 6. The lowest BCUT2D eigenvalue weighted by Gasteiger charge is -2.13. The summed E-state index contributed by atoms with van der Waals surface area (Å²) in [7, 11) is 0. The number of nitrogens with zero attached hydrogens (tertiary/aromatic N) is 1. The van der Waals surface area contributed by atoms with Crippen molar-refractivity contribution in [2.24, 2.45) is 5.73 Å². The summed E-state index contributed by atoms with van der Waals surface area (Å²) in [5.74, 6) is -1.98. The van der Waals surface area contributed by atoms with Crippen molar-refractivity contribution in [3.63, 3.8) is 0 Å². The van der Waals surface area contributed by atoms with E-state index in [9.17, 15) is 19.8 Å². The predicted molar refractivity (Wildman–Crippen MR) is 53.9 cm³/mol. The second-order valence-electron chi connectivity index (χ2n) is 3.07. The van der Waals surface area contributed by atoms with Crippen LogP contribution in [0.3, 0.4) is 0 Å². The highest BCUT2D eigenvalue weighted by Gasteiger charge is 2.23. The molecule has 0 aliphatic heterocycles. The highest BCUT2D eigenvalue weighted by atomic mass is 32.1. The normalized spacial score (nSPS) is 14.4. The number of aliphatic hydroxyl groups is 2. The highest BCUT2D eigenvalue weighted by molar-refractivity contribution is 7.11. The first kappa shape index (κ1) is 12.6. The number of nitrogens with two attached hydrogens (primary N) is 1. The quantitative estimate of drug-likeness (QED) is 0.532. The largest absolute Gasteiger partial charge is 0.476 e. The van der Waals surface area contributed by atoms with E-state index in [2.05, 4.69) is 4.98 Å². The molecule has 2 unspecified atom stereocenters. The number of carbonyl (C=O) groups excluding carboxylic acids is 1. The molecule has 0 saturated carbocycles. The number of primary amides is 1. The molecule has 1 aromatic heterocycles. The van der Waals surface area contributed by atoms with E-state index < -0.39 is 30.5 Å². The predicted octanol–water partition coefficient (Wildman–Crippen LogP) is -0.889. The van der Waals surface area contributed by atoms with Gasteiger partial charge in [-0.15, -0.1) is 11.3 Å². The Morgan fingerprint density at radius 3 is 2.56 bits per heavy atom. The van der Waals surface area contributed by atoms with E-state index in [-0.39, 0.29) is 10.7 Å². The van der Waals surface area contributed by atoms with Crippen molar-refractivity contribution in [3.8, 4) is 0 Å². The van der Waals surface area contributed by atoms with Gasteiger partial charge in [0.2, 0.25) is 10.9 Å². The zero-order valence-corrected chi connectivity index (χ0v) is 8.85.